The van der Waals surface area contributed by atoms with Gasteiger partial charge in [0, 0.05) is 16.4 Å². The summed E-state index contributed by atoms with van der Waals surface area (Å²) >= 11 is 2.80. The Kier molecular flexibility index (Phi) is 5.67. The Morgan fingerprint density at radius 2 is 1.97 bits per heavy atom. The van der Waals surface area contributed by atoms with E-state index in [0.717, 1.165) is 39.4 Å². The first-order chi connectivity index (χ1) is 15.9. The number of alkyl halides is 3. The number of rotatable bonds is 5. The van der Waals surface area contributed by atoms with Gasteiger partial charge in [0.15, 0.2) is 0 Å². The van der Waals surface area contributed by atoms with Crippen LogP contribution >= 0.6 is 23.1 Å². The second-order valence-corrected chi connectivity index (χ2v) is 9.13. The van der Waals surface area contributed by atoms with Crippen LogP contribution < -0.4 is 0 Å². The zero-order valence-corrected chi connectivity index (χ0v) is 18.7. The van der Waals surface area contributed by atoms with E-state index < -0.39 is 11.7 Å². The van der Waals surface area contributed by atoms with E-state index in [2.05, 4.69) is 32.3 Å². The van der Waals surface area contributed by atoms with Crippen LogP contribution in [0.25, 0.3) is 21.7 Å². The molecule has 1 aromatic carbocycles. The van der Waals surface area contributed by atoms with Crippen molar-refractivity contribution in [2.75, 3.05) is 7.11 Å². The van der Waals surface area contributed by atoms with Gasteiger partial charge in [-0.3, -0.25) is 0 Å². The molecule has 11 heteroatoms. The predicted molar refractivity (Wildman–Crippen MR) is 118 cm³/mol. The molecule has 4 aromatic rings. The average molecular weight is 489 g/mol. The first-order valence-electron chi connectivity index (χ1n) is 9.76. The Morgan fingerprint density at radius 3 is 2.67 bits per heavy atom. The van der Waals surface area contributed by atoms with Crippen LogP contribution in [0.4, 0.5) is 13.2 Å². The minimum Gasteiger partial charge on any atom is -0.497 e. The fraction of sp³-hybridized carbons (Fsp3) is 0.182. The van der Waals surface area contributed by atoms with E-state index in [0.29, 0.717) is 10.6 Å². The normalized spacial score (nSPS) is 16.2. The molecular weight excluding hydrogens is 473 g/mol. The second-order valence-electron chi connectivity index (χ2n) is 7.10. The van der Waals surface area contributed by atoms with Crippen molar-refractivity contribution in [3.8, 4) is 11.5 Å². The number of benzene rings is 1. The first-order valence-corrected chi connectivity index (χ1v) is 11.4. The molecule has 0 amide bonds. The molecule has 3 heterocycles. The predicted octanol–water partition coefficient (Wildman–Crippen LogP) is 6.49. The molecule has 5 rings (SSSR count). The molecule has 1 aliphatic carbocycles. The highest BCUT2D eigenvalue weighted by Crippen LogP contribution is 2.40. The summed E-state index contributed by atoms with van der Waals surface area (Å²) < 4.78 is 50.1. The van der Waals surface area contributed by atoms with Crippen LogP contribution in [0.1, 0.15) is 22.8 Å². The molecule has 0 spiro atoms. The zero-order chi connectivity index (χ0) is 23.0. The minimum absolute atomic E-state index is 0.136. The summed E-state index contributed by atoms with van der Waals surface area (Å²) in [4.78, 5) is 9.90. The third kappa shape index (κ3) is 4.51. The molecule has 33 heavy (non-hydrogen) atoms. The number of halogens is 3. The first kappa shape index (κ1) is 21.7. The molecule has 0 saturated heterocycles. The molecule has 3 aromatic heterocycles. The summed E-state index contributed by atoms with van der Waals surface area (Å²) in [5.74, 6) is 1.22. The van der Waals surface area contributed by atoms with Crippen LogP contribution in [0.3, 0.4) is 0 Å². The molecule has 1 unspecified atom stereocenters. The number of hydrogen-bond donors (Lipinski definition) is 0. The maximum Gasteiger partial charge on any atom is 0.416 e. The van der Waals surface area contributed by atoms with Crippen molar-refractivity contribution in [3.63, 3.8) is 0 Å². The molecule has 1 aliphatic rings. The van der Waals surface area contributed by atoms with E-state index in [1.54, 1.807) is 18.4 Å². The second kappa shape index (κ2) is 8.64. The topological polar surface area (TPSA) is 73.9 Å². The number of ether oxygens (including phenoxy) is 1. The third-order valence-corrected chi connectivity index (χ3v) is 7.25. The molecular formula is C22H15F3N4O2S2. The molecule has 0 radical (unpaired) electrons. The van der Waals surface area contributed by atoms with Crippen molar-refractivity contribution < 1.29 is 22.3 Å². The zero-order valence-electron chi connectivity index (χ0n) is 17.0. The van der Waals surface area contributed by atoms with Crippen LogP contribution in [0.15, 0.2) is 75.3 Å². The number of allylic oxidation sites excluding steroid dienone is 3. The molecule has 0 bridgehead atoms. The highest BCUT2D eigenvalue weighted by atomic mass is 32.2. The van der Waals surface area contributed by atoms with Crippen LogP contribution in [0.2, 0.25) is 0 Å². The average Bonchev–Trinajstić information content (AvgIpc) is 3.46. The SMILES string of the molecule is COC1=CCC(c2cc3ncnc(Sc4nnc(-c5ccc(C(F)(F)F)cc5)o4)c3s2)C=C1. The van der Waals surface area contributed by atoms with E-state index in [4.69, 9.17) is 9.15 Å². The number of aromatic nitrogens is 4. The Bertz CT molecular complexity index is 1360. The van der Waals surface area contributed by atoms with Gasteiger partial charge in [-0.1, -0.05) is 6.08 Å². The van der Waals surface area contributed by atoms with Crippen molar-refractivity contribution in [1.29, 1.82) is 0 Å². The van der Waals surface area contributed by atoms with Gasteiger partial charge >= 0.3 is 6.18 Å². The maximum atomic E-state index is 12.8. The van der Waals surface area contributed by atoms with E-state index in [9.17, 15) is 13.2 Å². The van der Waals surface area contributed by atoms with Crippen LogP contribution in [-0.4, -0.2) is 27.3 Å². The van der Waals surface area contributed by atoms with Crippen molar-refractivity contribution >= 4 is 33.3 Å². The quantitative estimate of drug-likeness (QED) is 0.298. The number of thiophene rings is 1. The number of methoxy groups -OCH3 is 1. The van der Waals surface area contributed by atoms with Crippen LogP contribution in [-0.2, 0) is 10.9 Å². The van der Waals surface area contributed by atoms with Crippen LogP contribution in [0, 0.1) is 0 Å². The largest absolute Gasteiger partial charge is 0.497 e. The van der Waals surface area contributed by atoms with Gasteiger partial charge in [0.2, 0.25) is 5.89 Å². The lowest BCUT2D eigenvalue weighted by atomic mass is 9.98. The summed E-state index contributed by atoms with van der Waals surface area (Å²) in [5.41, 5.74) is 0.491. The van der Waals surface area contributed by atoms with Crippen LogP contribution in [0.5, 0.6) is 0 Å². The summed E-state index contributed by atoms with van der Waals surface area (Å²) in [6.07, 6.45) is 4.04. The van der Waals surface area contributed by atoms with Gasteiger partial charge in [0.25, 0.3) is 5.22 Å². The Labute approximate surface area is 194 Å². The molecule has 1 atom stereocenters. The standard InChI is InChI=1S/C22H15F3N4O2S2/c1-30-15-8-4-12(5-9-15)17-10-16-18(32-17)20(27-11-26-16)33-21-29-28-19(31-21)13-2-6-14(7-3-13)22(23,24)25/h2-4,6-12H,5H2,1H3. The molecule has 168 valence electrons. The summed E-state index contributed by atoms with van der Waals surface area (Å²) in [6.45, 7) is 0. The molecule has 0 fully saturated rings. The number of hydrogen-bond acceptors (Lipinski definition) is 8. The fourth-order valence-electron chi connectivity index (χ4n) is 3.32. The van der Waals surface area contributed by atoms with Gasteiger partial charge in [0.1, 0.15) is 17.1 Å². The maximum absolute atomic E-state index is 12.8. The van der Waals surface area contributed by atoms with Gasteiger partial charge in [-0.25, -0.2) is 9.97 Å². The smallest absolute Gasteiger partial charge is 0.416 e. The number of fused-ring (bicyclic) bond motifs is 1. The Balaban J connectivity index is 1.37. The summed E-state index contributed by atoms with van der Waals surface area (Å²) in [7, 11) is 1.65. The van der Waals surface area contributed by atoms with Crippen molar-refractivity contribution in [3.05, 3.63) is 71.1 Å². The molecule has 6 nitrogen and oxygen atoms in total. The van der Waals surface area contributed by atoms with Gasteiger partial charge in [-0.2, -0.15) is 13.2 Å². The highest BCUT2D eigenvalue weighted by molar-refractivity contribution is 7.99. The Morgan fingerprint density at radius 1 is 1.15 bits per heavy atom. The highest BCUT2D eigenvalue weighted by Gasteiger charge is 2.30. The lowest BCUT2D eigenvalue weighted by Crippen LogP contribution is -2.03. The fourth-order valence-corrected chi connectivity index (χ4v) is 5.33. The molecule has 0 aliphatic heterocycles. The molecule has 0 N–H and O–H groups in total. The lowest BCUT2D eigenvalue weighted by molar-refractivity contribution is -0.137. The van der Waals surface area contributed by atoms with E-state index in [1.165, 1.54) is 30.2 Å². The van der Waals surface area contributed by atoms with E-state index in [1.807, 2.05) is 12.1 Å². The van der Waals surface area contributed by atoms with Gasteiger partial charge < -0.3 is 9.15 Å². The van der Waals surface area contributed by atoms with Crippen molar-refractivity contribution in [1.82, 2.24) is 20.2 Å². The monoisotopic (exact) mass is 488 g/mol. The minimum atomic E-state index is -4.40. The van der Waals surface area contributed by atoms with Gasteiger partial charge in [-0.05, 0) is 60.7 Å². The van der Waals surface area contributed by atoms with Gasteiger partial charge in [0.05, 0.1) is 22.9 Å². The third-order valence-electron chi connectivity index (χ3n) is 5.01. The van der Waals surface area contributed by atoms with Crippen molar-refractivity contribution in [2.45, 2.75) is 28.8 Å². The van der Waals surface area contributed by atoms with E-state index >= 15 is 0 Å². The summed E-state index contributed by atoms with van der Waals surface area (Å²) in [6, 6.07) is 6.63. The molecule has 0 saturated carbocycles. The lowest BCUT2D eigenvalue weighted by Gasteiger charge is -2.13. The Hall–Kier alpha value is -3.18. The van der Waals surface area contributed by atoms with Gasteiger partial charge in [-0.15, -0.1) is 21.5 Å². The van der Waals surface area contributed by atoms with Crippen molar-refractivity contribution in [2.24, 2.45) is 0 Å². The number of nitrogens with zero attached hydrogens (tertiary/aromatic N) is 4. The van der Waals surface area contributed by atoms with E-state index in [-0.39, 0.29) is 17.0 Å². The summed E-state index contributed by atoms with van der Waals surface area (Å²) in [5, 5.41) is 8.89.